The molecule has 2 rings (SSSR count). The highest BCUT2D eigenvalue weighted by molar-refractivity contribution is 7.88. The Morgan fingerprint density at radius 1 is 1.38 bits per heavy atom. The Balaban J connectivity index is 1.95. The first-order valence-corrected chi connectivity index (χ1v) is 8.69. The smallest absolute Gasteiger partial charge is 0.223 e. The lowest BCUT2D eigenvalue weighted by Crippen LogP contribution is -2.38. The van der Waals surface area contributed by atoms with Crippen LogP contribution in [0.15, 0.2) is 24.3 Å². The molecule has 1 saturated carbocycles. The van der Waals surface area contributed by atoms with Crippen molar-refractivity contribution in [3.05, 3.63) is 35.6 Å². The molecule has 0 saturated heterocycles. The molecule has 5 nitrogen and oxygen atoms in total. The van der Waals surface area contributed by atoms with Gasteiger partial charge in [-0.05, 0) is 18.9 Å². The van der Waals surface area contributed by atoms with E-state index in [2.05, 4.69) is 5.32 Å². The van der Waals surface area contributed by atoms with Crippen molar-refractivity contribution in [2.45, 2.75) is 19.4 Å². The van der Waals surface area contributed by atoms with Crippen LogP contribution in [0.1, 0.15) is 18.4 Å². The number of nitrogens with zero attached hydrogens (tertiary/aromatic N) is 1. The Morgan fingerprint density at radius 2 is 2.05 bits per heavy atom. The molecule has 1 amide bonds. The van der Waals surface area contributed by atoms with Gasteiger partial charge >= 0.3 is 0 Å². The van der Waals surface area contributed by atoms with Crippen LogP contribution < -0.4 is 5.32 Å². The van der Waals surface area contributed by atoms with E-state index < -0.39 is 15.8 Å². The lowest BCUT2D eigenvalue weighted by molar-refractivity contribution is -0.122. The van der Waals surface area contributed by atoms with Gasteiger partial charge in [-0.25, -0.2) is 12.8 Å². The summed E-state index contributed by atoms with van der Waals surface area (Å²) in [6.45, 7) is 0.327. The molecule has 116 valence electrons. The SMILES string of the molecule is CS(=O)(=O)N(CCNC(=O)C1CC1)Cc1ccccc1F. The maximum absolute atomic E-state index is 13.6. The molecule has 7 heteroatoms. The molecule has 0 aliphatic heterocycles. The Morgan fingerprint density at radius 3 is 2.62 bits per heavy atom. The third-order valence-electron chi connectivity index (χ3n) is 3.38. The molecule has 1 aromatic carbocycles. The van der Waals surface area contributed by atoms with Crippen LogP contribution in [0.2, 0.25) is 0 Å². The lowest BCUT2D eigenvalue weighted by Gasteiger charge is -2.20. The third kappa shape index (κ3) is 4.78. The van der Waals surface area contributed by atoms with Gasteiger partial charge in [0, 0.05) is 31.1 Å². The van der Waals surface area contributed by atoms with E-state index in [-0.39, 0.29) is 31.5 Å². The second-order valence-electron chi connectivity index (χ2n) is 5.25. The standard InChI is InChI=1S/C14H19FN2O3S/c1-21(19,20)17(9-8-16-14(18)11-6-7-11)10-12-4-2-3-5-13(12)15/h2-5,11H,6-10H2,1H3,(H,16,18). The summed E-state index contributed by atoms with van der Waals surface area (Å²) >= 11 is 0. The van der Waals surface area contributed by atoms with Crippen molar-refractivity contribution in [2.24, 2.45) is 5.92 Å². The molecule has 0 radical (unpaired) electrons. The number of nitrogens with one attached hydrogen (secondary N) is 1. The number of sulfonamides is 1. The summed E-state index contributed by atoms with van der Waals surface area (Å²) in [5, 5.41) is 2.71. The van der Waals surface area contributed by atoms with Gasteiger partial charge in [0.2, 0.25) is 15.9 Å². The van der Waals surface area contributed by atoms with Crippen molar-refractivity contribution in [2.75, 3.05) is 19.3 Å². The predicted molar refractivity (Wildman–Crippen MR) is 77.4 cm³/mol. The molecular formula is C14H19FN2O3S. The van der Waals surface area contributed by atoms with Gasteiger partial charge in [0.25, 0.3) is 0 Å². The normalized spacial score (nSPS) is 15.2. The fourth-order valence-electron chi connectivity index (χ4n) is 1.97. The second kappa shape index (κ2) is 6.53. The summed E-state index contributed by atoms with van der Waals surface area (Å²) in [4.78, 5) is 11.5. The van der Waals surface area contributed by atoms with Gasteiger partial charge in [-0.2, -0.15) is 4.31 Å². The van der Waals surface area contributed by atoms with Crippen LogP contribution in [0, 0.1) is 11.7 Å². The van der Waals surface area contributed by atoms with Crippen molar-refractivity contribution in [3.8, 4) is 0 Å². The Bertz CT molecular complexity index is 614. The summed E-state index contributed by atoms with van der Waals surface area (Å²) in [5.74, 6) is -0.384. The second-order valence-corrected chi connectivity index (χ2v) is 7.24. The quantitative estimate of drug-likeness (QED) is 0.820. The molecule has 1 fully saturated rings. The molecule has 21 heavy (non-hydrogen) atoms. The van der Waals surface area contributed by atoms with E-state index in [9.17, 15) is 17.6 Å². The molecule has 0 spiro atoms. The lowest BCUT2D eigenvalue weighted by atomic mass is 10.2. The number of hydrogen-bond acceptors (Lipinski definition) is 3. The van der Waals surface area contributed by atoms with Gasteiger partial charge in [0.15, 0.2) is 0 Å². The Hall–Kier alpha value is -1.47. The number of halogens is 1. The average Bonchev–Trinajstić information content (AvgIpc) is 3.22. The van der Waals surface area contributed by atoms with Crippen LogP contribution in [0.5, 0.6) is 0 Å². The zero-order valence-electron chi connectivity index (χ0n) is 11.9. The number of benzene rings is 1. The highest BCUT2D eigenvalue weighted by Crippen LogP contribution is 2.28. The first kappa shape index (κ1) is 15.9. The van der Waals surface area contributed by atoms with Crippen molar-refractivity contribution >= 4 is 15.9 Å². The fraction of sp³-hybridized carbons (Fsp3) is 0.500. The monoisotopic (exact) mass is 314 g/mol. The van der Waals surface area contributed by atoms with Gasteiger partial charge in [-0.15, -0.1) is 0 Å². The summed E-state index contributed by atoms with van der Waals surface area (Å²) in [6.07, 6.45) is 2.88. The van der Waals surface area contributed by atoms with Gasteiger partial charge < -0.3 is 5.32 Å². The summed E-state index contributed by atoms with van der Waals surface area (Å²) in [7, 11) is -3.47. The van der Waals surface area contributed by atoms with Crippen LogP contribution in [0.25, 0.3) is 0 Å². The van der Waals surface area contributed by atoms with Gasteiger partial charge in [-0.3, -0.25) is 4.79 Å². The first-order chi connectivity index (χ1) is 9.88. The third-order valence-corrected chi connectivity index (χ3v) is 4.63. The van der Waals surface area contributed by atoms with Crippen LogP contribution in [0.4, 0.5) is 4.39 Å². The average molecular weight is 314 g/mol. The predicted octanol–water partition coefficient (Wildman–Crippen LogP) is 1.11. The van der Waals surface area contributed by atoms with Crippen molar-refractivity contribution < 1.29 is 17.6 Å². The van der Waals surface area contributed by atoms with Crippen LogP contribution >= 0.6 is 0 Å². The van der Waals surface area contributed by atoms with E-state index in [1.807, 2.05) is 0 Å². The van der Waals surface area contributed by atoms with E-state index in [0.29, 0.717) is 5.56 Å². The number of rotatable bonds is 7. The maximum Gasteiger partial charge on any atom is 0.223 e. The summed E-state index contributed by atoms with van der Waals surface area (Å²) in [6, 6.07) is 6.06. The van der Waals surface area contributed by atoms with E-state index in [0.717, 1.165) is 19.1 Å². The van der Waals surface area contributed by atoms with Crippen molar-refractivity contribution in [1.82, 2.24) is 9.62 Å². The van der Waals surface area contributed by atoms with Gasteiger partial charge in [0.1, 0.15) is 5.82 Å². The molecule has 0 atom stereocenters. The number of carbonyl (C=O) groups excluding carboxylic acids is 1. The van der Waals surface area contributed by atoms with Gasteiger partial charge in [-0.1, -0.05) is 18.2 Å². The Labute approximate surface area is 124 Å². The molecule has 0 unspecified atom stereocenters. The topological polar surface area (TPSA) is 66.5 Å². The molecule has 1 aromatic rings. The number of hydrogen-bond donors (Lipinski definition) is 1. The minimum atomic E-state index is -3.47. The molecule has 1 N–H and O–H groups in total. The summed E-state index contributed by atoms with van der Waals surface area (Å²) < 4.78 is 38.3. The van der Waals surface area contributed by atoms with E-state index >= 15 is 0 Å². The van der Waals surface area contributed by atoms with Crippen LogP contribution in [-0.4, -0.2) is 38.0 Å². The van der Waals surface area contributed by atoms with Crippen LogP contribution in [0.3, 0.4) is 0 Å². The molecule has 0 bridgehead atoms. The highest BCUT2D eigenvalue weighted by atomic mass is 32.2. The maximum atomic E-state index is 13.6. The van der Waals surface area contributed by atoms with Gasteiger partial charge in [0.05, 0.1) is 6.26 Å². The first-order valence-electron chi connectivity index (χ1n) is 6.84. The zero-order valence-corrected chi connectivity index (χ0v) is 12.7. The van der Waals surface area contributed by atoms with E-state index in [1.54, 1.807) is 18.2 Å². The molecule has 1 aliphatic rings. The molecular weight excluding hydrogens is 295 g/mol. The highest BCUT2D eigenvalue weighted by Gasteiger charge is 2.29. The number of amides is 1. The molecule has 0 heterocycles. The van der Waals surface area contributed by atoms with E-state index in [4.69, 9.17) is 0 Å². The zero-order chi connectivity index (χ0) is 15.5. The fourth-order valence-corrected chi connectivity index (χ4v) is 2.77. The van der Waals surface area contributed by atoms with E-state index in [1.165, 1.54) is 10.4 Å². The molecule has 0 aromatic heterocycles. The minimum absolute atomic E-state index is 0.0330. The Kier molecular flexibility index (Phi) is 4.95. The van der Waals surface area contributed by atoms with Crippen molar-refractivity contribution in [1.29, 1.82) is 0 Å². The van der Waals surface area contributed by atoms with Crippen molar-refractivity contribution in [3.63, 3.8) is 0 Å². The molecule has 1 aliphatic carbocycles. The summed E-state index contributed by atoms with van der Waals surface area (Å²) in [5.41, 5.74) is 0.316. The van der Waals surface area contributed by atoms with Crippen LogP contribution in [-0.2, 0) is 21.4 Å². The minimum Gasteiger partial charge on any atom is -0.355 e. The number of carbonyl (C=O) groups is 1. The largest absolute Gasteiger partial charge is 0.355 e.